The Hall–Kier alpha value is -2.24. The molecule has 1 saturated carbocycles. The monoisotopic (exact) mass is 319 g/mol. The van der Waals surface area contributed by atoms with Gasteiger partial charge in [-0.05, 0) is 37.0 Å². The third-order valence-electron chi connectivity index (χ3n) is 3.85. The molecule has 6 nitrogen and oxygen atoms in total. The van der Waals surface area contributed by atoms with E-state index in [2.05, 4.69) is 10.6 Å². The third kappa shape index (κ3) is 6.18. The third-order valence-corrected chi connectivity index (χ3v) is 3.85. The van der Waals surface area contributed by atoms with Gasteiger partial charge in [-0.25, -0.2) is 4.79 Å². The van der Waals surface area contributed by atoms with Gasteiger partial charge in [0.15, 0.2) is 0 Å². The van der Waals surface area contributed by atoms with Gasteiger partial charge in [-0.1, -0.05) is 12.1 Å². The zero-order valence-corrected chi connectivity index (χ0v) is 13.8. The molecule has 1 fully saturated rings. The van der Waals surface area contributed by atoms with Gasteiger partial charge in [0.25, 0.3) is 0 Å². The molecule has 2 rings (SSSR count). The normalized spacial score (nSPS) is 13.3. The van der Waals surface area contributed by atoms with Gasteiger partial charge in [0.2, 0.25) is 5.91 Å². The number of rotatable bonds is 8. The fourth-order valence-electron chi connectivity index (χ4n) is 2.25. The van der Waals surface area contributed by atoms with Gasteiger partial charge < -0.3 is 20.3 Å². The molecule has 0 radical (unpaired) electrons. The molecule has 0 aromatic heterocycles. The second-order valence-corrected chi connectivity index (χ2v) is 5.78. The second-order valence-electron chi connectivity index (χ2n) is 5.78. The number of hydrogen-bond donors (Lipinski definition) is 2. The van der Waals surface area contributed by atoms with E-state index in [4.69, 9.17) is 4.74 Å². The molecule has 6 heteroatoms. The Kier molecular flexibility index (Phi) is 6.26. The second kappa shape index (κ2) is 8.41. The highest BCUT2D eigenvalue weighted by molar-refractivity contribution is 5.75. The van der Waals surface area contributed by atoms with Gasteiger partial charge in [0.05, 0.1) is 7.11 Å². The van der Waals surface area contributed by atoms with Crippen molar-refractivity contribution in [3.63, 3.8) is 0 Å². The van der Waals surface area contributed by atoms with Crippen LogP contribution in [0.2, 0.25) is 0 Å². The summed E-state index contributed by atoms with van der Waals surface area (Å²) in [4.78, 5) is 25.0. The smallest absolute Gasteiger partial charge is 0.315 e. The van der Waals surface area contributed by atoms with Crippen LogP contribution < -0.4 is 15.4 Å². The van der Waals surface area contributed by atoms with Crippen LogP contribution in [0.1, 0.15) is 25.3 Å². The number of carbonyl (C=O) groups excluding carboxylic acids is 2. The standard InChI is InChI=1S/C17H25N3O3/c1-13(21)20(12-10-18-17(22)19-15-5-6-15)11-9-14-3-7-16(23-2)8-4-14/h3-4,7-8,15H,5-6,9-12H2,1-2H3,(H2,18,19,22). The average molecular weight is 319 g/mol. The highest BCUT2D eigenvalue weighted by Crippen LogP contribution is 2.18. The van der Waals surface area contributed by atoms with Crippen molar-refractivity contribution < 1.29 is 14.3 Å². The molecule has 126 valence electrons. The summed E-state index contributed by atoms with van der Waals surface area (Å²) >= 11 is 0. The summed E-state index contributed by atoms with van der Waals surface area (Å²) in [5, 5.41) is 5.65. The first-order valence-corrected chi connectivity index (χ1v) is 8.01. The quantitative estimate of drug-likeness (QED) is 0.764. The van der Waals surface area contributed by atoms with Crippen molar-refractivity contribution in [2.45, 2.75) is 32.2 Å². The Morgan fingerprint density at radius 2 is 1.91 bits per heavy atom. The van der Waals surface area contributed by atoms with Gasteiger partial charge in [0.1, 0.15) is 5.75 Å². The van der Waals surface area contributed by atoms with Crippen molar-refractivity contribution in [3.05, 3.63) is 29.8 Å². The highest BCUT2D eigenvalue weighted by atomic mass is 16.5. The molecule has 1 aliphatic rings. The lowest BCUT2D eigenvalue weighted by atomic mass is 10.1. The fourth-order valence-corrected chi connectivity index (χ4v) is 2.25. The van der Waals surface area contributed by atoms with E-state index >= 15 is 0 Å². The van der Waals surface area contributed by atoms with Gasteiger partial charge in [-0.3, -0.25) is 4.79 Å². The molecule has 0 heterocycles. The molecule has 0 unspecified atom stereocenters. The molecule has 3 amide bonds. The summed E-state index contributed by atoms with van der Waals surface area (Å²) in [6, 6.07) is 8.02. The molecule has 23 heavy (non-hydrogen) atoms. The van der Waals surface area contributed by atoms with E-state index in [0.717, 1.165) is 30.6 Å². The number of hydrogen-bond acceptors (Lipinski definition) is 3. The number of benzene rings is 1. The number of nitrogens with one attached hydrogen (secondary N) is 2. The van der Waals surface area contributed by atoms with Crippen LogP contribution in [-0.4, -0.2) is 49.6 Å². The molecule has 1 aromatic carbocycles. The van der Waals surface area contributed by atoms with Crippen molar-refractivity contribution in [2.24, 2.45) is 0 Å². The lowest BCUT2D eigenvalue weighted by Gasteiger charge is -2.21. The van der Waals surface area contributed by atoms with Crippen molar-refractivity contribution in [3.8, 4) is 5.75 Å². The average Bonchev–Trinajstić information content (AvgIpc) is 3.34. The number of nitrogens with zero attached hydrogens (tertiary/aromatic N) is 1. The van der Waals surface area contributed by atoms with E-state index in [1.807, 2.05) is 24.3 Å². The Labute approximate surface area is 137 Å². The maximum absolute atomic E-state index is 11.7. The number of amides is 3. The van der Waals surface area contributed by atoms with Crippen LogP contribution in [0.4, 0.5) is 4.79 Å². The molecule has 1 aromatic rings. The highest BCUT2D eigenvalue weighted by Gasteiger charge is 2.22. The molecule has 0 aliphatic heterocycles. The number of ether oxygens (including phenoxy) is 1. The van der Waals surface area contributed by atoms with E-state index in [1.165, 1.54) is 0 Å². The summed E-state index contributed by atoms with van der Waals surface area (Å²) in [5.74, 6) is 0.839. The van der Waals surface area contributed by atoms with Crippen molar-refractivity contribution >= 4 is 11.9 Å². The number of methoxy groups -OCH3 is 1. The predicted octanol–water partition coefficient (Wildman–Crippen LogP) is 1.55. The lowest BCUT2D eigenvalue weighted by molar-refractivity contribution is -0.128. The first-order valence-electron chi connectivity index (χ1n) is 8.01. The summed E-state index contributed by atoms with van der Waals surface area (Å²) in [6.45, 7) is 3.16. The van der Waals surface area contributed by atoms with Crippen LogP contribution in [0, 0.1) is 0 Å². The van der Waals surface area contributed by atoms with E-state index < -0.39 is 0 Å². The summed E-state index contributed by atoms with van der Waals surface area (Å²) < 4.78 is 5.13. The fraction of sp³-hybridized carbons (Fsp3) is 0.529. The number of carbonyl (C=O) groups is 2. The summed E-state index contributed by atoms with van der Waals surface area (Å²) in [6.07, 6.45) is 2.90. The van der Waals surface area contributed by atoms with Gasteiger partial charge in [0, 0.05) is 32.6 Å². The zero-order valence-electron chi connectivity index (χ0n) is 13.8. The van der Waals surface area contributed by atoms with Gasteiger partial charge in [-0.15, -0.1) is 0 Å². The molecule has 2 N–H and O–H groups in total. The Bertz CT molecular complexity index is 526. The topological polar surface area (TPSA) is 70.7 Å². The Morgan fingerprint density at radius 1 is 1.22 bits per heavy atom. The van der Waals surface area contributed by atoms with Crippen LogP contribution in [-0.2, 0) is 11.2 Å². The minimum atomic E-state index is -0.147. The van der Waals surface area contributed by atoms with Crippen molar-refractivity contribution in [2.75, 3.05) is 26.7 Å². The predicted molar refractivity (Wildman–Crippen MR) is 88.5 cm³/mol. The first kappa shape index (κ1) is 17.1. The van der Waals surface area contributed by atoms with Crippen LogP contribution in [0.5, 0.6) is 5.75 Å². The maximum Gasteiger partial charge on any atom is 0.315 e. The largest absolute Gasteiger partial charge is 0.497 e. The molecule has 1 aliphatic carbocycles. The minimum Gasteiger partial charge on any atom is -0.497 e. The van der Waals surface area contributed by atoms with E-state index in [1.54, 1.807) is 18.9 Å². The van der Waals surface area contributed by atoms with Crippen LogP contribution in [0.25, 0.3) is 0 Å². The Balaban J connectivity index is 1.71. The van der Waals surface area contributed by atoms with Crippen LogP contribution in [0.3, 0.4) is 0 Å². The first-order chi connectivity index (χ1) is 11.1. The van der Waals surface area contributed by atoms with Gasteiger partial charge in [-0.2, -0.15) is 0 Å². The summed E-state index contributed by atoms with van der Waals surface area (Å²) in [5.41, 5.74) is 1.15. The molecule has 0 atom stereocenters. The molecular formula is C17H25N3O3. The van der Waals surface area contributed by atoms with Crippen LogP contribution in [0.15, 0.2) is 24.3 Å². The van der Waals surface area contributed by atoms with Crippen LogP contribution >= 0.6 is 0 Å². The minimum absolute atomic E-state index is 0.0166. The SMILES string of the molecule is COc1ccc(CCN(CCNC(=O)NC2CC2)C(C)=O)cc1. The Morgan fingerprint density at radius 3 is 2.48 bits per heavy atom. The van der Waals surface area contributed by atoms with E-state index in [0.29, 0.717) is 25.7 Å². The molecule has 0 spiro atoms. The maximum atomic E-state index is 11.7. The number of urea groups is 1. The van der Waals surface area contributed by atoms with E-state index in [9.17, 15) is 9.59 Å². The summed E-state index contributed by atoms with van der Waals surface area (Å²) in [7, 11) is 1.64. The van der Waals surface area contributed by atoms with Crippen molar-refractivity contribution in [1.82, 2.24) is 15.5 Å². The zero-order chi connectivity index (χ0) is 16.7. The lowest BCUT2D eigenvalue weighted by Crippen LogP contribution is -2.42. The van der Waals surface area contributed by atoms with Crippen molar-refractivity contribution in [1.29, 1.82) is 0 Å². The van der Waals surface area contributed by atoms with Gasteiger partial charge >= 0.3 is 6.03 Å². The molecule has 0 bridgehead atoms. The molecular weight excluding hydrogens is 294 g/mol. The molecule has 0 saturated heterocycles. The van der Waals surface area contributed by atoms with E-state index in [-0.39, 0.29) is 11.9 Å².